The van der Waals surface area contributed by atoms with Crippen LogP contribution in [0.5, 0.6) is 5.75 Å². The number of carbonyl (C=O) groups excluding carboxylic acids is 1. The fourth-order valence-corrected chi connectivity index (χ4v) is 1.91. The Morgan fingerprint density at radius 3 is 3.00 bits per heavy atom. The number of aromatic nitrogens is 2. The number of aryl methyl sites for hydroxylation is 1. The van der Waals surface area contributed by atoms with Crippen LogP contribution in [0.4, 0.5) is 0 Å². The fourth-order valence-electron chi connectivity index (χ4n) is 1.91. The zero-order valence-corrected chi connectivity index (χ0v) is 10.9. The van der Waals surface area contributed by atoms with Gasteiger partial charge < -0.3 is 4.74 Å². The van der Waals surface area contributed by atoms with Gasteiger partial charge in [-0.15, -0.1) is 0 Å². The molecule has 1 aliphatic rings. The summed E-state index contributed by atoms with van der Waals surface area (Å²) in [4.78, 5) is 16.1. The maximum absolute atomic E-state index is 12.2. The van der Waals surface area contributed by atoms with Crippen LogP contribution in [0.25, 0.3) is 0 Å². The fraction of sp³-hybridized carbons (Fsp3) is 0.333. The molecule has 4 heteroatoms. The van der Waals surface area contributed by atoms with Crippen LogP contribution in [0.15, 0.2) is 36.9 Å². The Bertz CT molecular complexity index is 586. The Morgan fingerprint density at radius 2 is 2.32 bits per heavy atom. The number of rotatable bonds is 4. The molecule has 1 aromatic carbocycles. The van der Waals surface area contributed by atoms with Crippen LogP contribution in [0.2, 0.25) is 0 Å². The molecule has 0 bridgehead atoms. The van der Waals surface area contributed by atoms with E-state index in [0.29, 0.717) is 11.5 Å². The van der Waals surface area contributed by atoms with Gasteiger partial charge in [-0.25, -0.2) is 4.98 Å². The predicted molar refractivity (Wildman–Crippen MR) is 71.4 cm³/mol. The number of hydrogen-bond donors (Lipinski definition) is 0. The van der Waals surface area contributed by atoms with Gasteiger partial charge in [0, 0.05) is 18.0 Å². The van der Waals surface area contributed by atoms with E-state index in [1.165, 1.54) is 23.7 Å². The Balaban J connectivity index is 1.81. The topological polar surface area (TPSA) is 44.1 Å². The molecule has 4 nitrogen and oxygen atoms in total. The highest BCUT2D eigenvalue weighted by molar-refractivity contribution is 5.96. The molecule has 2 aromatic rings. The molecule has 0 N–H and O–H groups in total. The molecule has 1 aromatic heterocycles. The van der Waals surface area contributed by atoms with Gasteiger partial charge in [0.15, 0.2) is 0 Å². The van der Waals surface area contributed by atoms with Crippen molar-refractivity contribution in [3.63, 3.8) is 0 Å². The van der Waals surface area contributed by atoms with Crippen molar-refractivity contribution in [3.05, 3.63) is 48.0 Å². The molecule has 98 valence electrons. The Kier molecular flexibility index (Phi) is 3.07. The van der Waals surface area contributed by atoms with Crippen LogP contribution in [0, 0.1) is 12.8 Å². The van der Waals surface area contributed by atoms with Crippen LogP contribution in [-0.4, -0.2) is 22.1 Å². The Morgan fingerprint density at radius 1 is 1.47 bits per heavy atom. The number of carbonyl (C=O) groups is 1. The lowest BCUT2D eigenvalue weighted by atomic mass is 10.1. The summed E-state index contributed by atoms with van der Waals surface area (Å²) in [6.07, 6.45) is 7.26. The summed E-state index contributed by atoms with van der Waals surface area (Å²) in [5.74, 6) is 1.42. The second-order valence-corrected chi connectivity index (χ2v) is 5.01. The van der Waals surface area contributed by atoms with Crippen molar-refractivity contribution in [2.45, 2.75) is 19.8 Å². The van der Waals surface area contributed by atoms with Crippen molar-refractivity contribution in [1.82, 2.24) is 9.55 Å². The monoisotopic (exact) mass is 256 g/mol. The summed E-state index contributed by atoms with van der Waals surface area (Å²) < 4.78 is 7.26. The van der Waals surface area contributed by atoms with E-state index in [1.807, 2.05) is 25.1 Å². The second-order valence-electron chi connectivity index (χ2n) is 5.01. The highest BCUT2D eigenvalue weighted by Gasteiger charge is 2.22. The Hall–Kier alpha value is -2.10. The van der Waals surface area contributed by atoms with Crippen LogP contribution in [-0.2, 0) is 0 Å². The van der Waals surface area contributed by atoms with Crippen LogP contribution < -0.4 is 4.74 Å². The summed E-state index contributed by atoms with van der Waals surface area (Å²) in [6, 6.07) is 5.56. The molecule has 0 aliphatic heterocycles. The van der Waals surface area contributed by atoms with Crippen LogP contribution in [0.1, 0.15) is 28.8 Å². The number of imidazole rings is 1. The maximum Gasteiger partial charge on any atom is 0.263 e. The zero-order chi connectivity index (χ0) is 13.2. The van der Waals surface area contributed by atoms with Gasteiger partial charge in [-0.2, -0.15) is 0 Å². The molecule has 0 spiro atoms. The predicted octanol–water partition coefficient (Wildman–Crippen LogP) is 2.67. The van der Waals surface area contributed by atoms with E-state index >= 15 is 0 Å². The molecule has 3 rings (SSSR count). The van der Waals surface area contributed by atoms with E-state index in [1.54, 1.807) is 12.4 Å². The molecule has 1 saturated carbocycles. The summed E-state index contributed by atoms with van der Waals surface area (Å²) >= 11 is 0. The Labute approximate surface area is 112 Å². The highest BCUT2D eigenvalue weighted by Crippen LogP contribution is 2.30. The molecular weight excluding hydrogens is 240 g/mol. The van der Waals surface area contributed by atoms with Crippen LogP contribution >= 0.6 is 0 Å². The summed E-state index contributed by atoms with van der Waals surface area (Å²) in [5.41, 5.74) is 1.68. The molecule has 0 unspecified atom stereocenters. The summed E-state index contributed by atoms with van der Waals surface area (Å²) in [7, 11) is 0. The molecule has 0 atom stereocenters. The highest BCUT2D eigenvalue weighted by atomic mass is 16.5. The van der Waals surface area contributed by atoms with Gasteiger partial charge >= 0.3 is 0 Å². The van der Waals surface area contributed by atoms with Gasteiger partial charge in [-0.1, -0.05) is 6.07 Å². The lowest BCUT2D eigenvalue weighted by Gasteiger charge is -2.10. The first-order valence-corrected chi connectivity index (χ1v) is 6.50. The molecule has 0 saturated heterocycles. The zero-order valence-electron chi connectivity index (χ0n) is 10.9. The molecule has 1 heterocycles. The molecule has 0 radical (unpaired) electrons. The van der Waals surface area contributed by atoms with Crippen molar-refractivity contribution >= 4 is 5.91 Å². The summed E-state index contributed by atoms with van der Waals surface area (Å²) in [6.45, 7) is 2.75. The lowest BCUT2D eigenvalue weighted by molar-refractivity contribution is 0.0959. The minimum Gasteiger partial charge on any atom is -0.493 e. The van der Waals surface area contributed by atoms with E-state index in [0.717, 1.165) is 17.9 Å². The van der Waals surface area contributed by atoms with Crippen molar-refractivity contribution in [3.8, 4) is 5.75 Å². The molecular formula is C15H16N2O2. The normalized spacial score (nSPS) is 14.4. The molecule has 1 aliphatic carbocycles. The number of nitrogens with zero attached hydrogens (tertiary/aromatic N) is 2. The SMILES string of the molecule is Cc1ccc(C(=O)n2ccnc2)cc1OCC1CC1. The minimum atomic E-state index is -0.0891. The van der Waals surface area contributed by atoms with Crippen molar-refractivity contribution in [2.24, 2.45) is 5.92 Å². The van der Waals surface area contributed by atoms with Crippen molar-refractivity contribution < 1.29 is 9.53 Å². The first-order chi connectivity index (χ1) is 9.24. The molecule has 1 fully saturated rings. The maximum atomic E-state index is 12.2. The molecule has 0 amide bonds. The van der Waals surface area contributed by atoms with Gasteiger partial charge in [0.05, 0.1) is 6.61 Å². The first kappa shape index (κ1) is 12.0. The van der Waals surface area contributed by atoms with Crippen molar-refractivity contribution in [1.29, 1.82) is 0 Å². The lowest BCUT2D eigenvalue weighted by Crippen LogP contribution is -2.10. The number of ether oxygens (including phenoxy) is 1. The van der Waals surface area contributed by atoms with Gasteiger partial charge in [-0.3, -0.25) is 9.36 Å². The average Bonchev–Trinajstić information content (AvgIpc) is 3.09. The van der Waals surface area contributed by atoms with Gasteiger partial charge in [0.2, 0.25) is 0 Å². The minimum absolute atomic E-state index is 0.0891. The first-order valence-electron chi connectivity index (χ1n) is 6.50. The third-order valence-corrected chi connectivity index (χ3v) is 3.35. The van der Waals surface area contributed by atoms with E-state index in [4.69, 9.17) is 4.74 Å². The number of benzene rings is 1. The van der Waals surface area contributed by atoms with E-state index in [2.05, 4.69) is 4.98 Å². The third-order valence-electron chi connectivity index (χ3n) is 3.35. The molecule has 19 heavy (non-hydrogen) atoms. The van der Waals surface area contributed by atoms with Gasteiger partial charge in [-0.05, 0) is 43.4 Å². The van der Waals surface area contributed by atoms with Gasteiger partial charge in [0.25, 0.3) is 5.91 Å². The summed E-state index contributed by atoms with van der Waals surface area (Å²) in [5, 5.41) is 0. The average molecular weight is 256 g/mol. The number of hydrogen-bond acceptors (Lipinski definition) is 3. The largest absolute Gasteiger partial charge is 0.493 e. The second kappa shape index (κ2) is 4.88. The van der Waals surface area contributed by atoms with Gasteiger partial charge in [0.1, 0.15) is 12.1 Å². The van der Waals surface area contributed by atoms with Crippen LogP contribution in [0.3, 0.4) is 0 Å². The standard InChI is InChI=1S/C15H16N2O2/c1-11-2-5-13(15(18)17-7-6-16-10-17)8-14(11)19-9-12-3-4-12/h2,5-8,10,12H,3-4,9H2,1H3. The quantitative estimate of drug-likeness (QED) is 0.844. The van der Waals surface area contributed by atoms with E-state index < -0.39 is 0 Å². The van der Waals surface area contributed by atoms with Crippen molar-refractivity contribution in [2.75, 3.05) is 6.61 Å². The van der Waals surface area contributed by atoms with E-state index in [-0.39, 0.29) is 5.91 Å². The third kappa shape index (κ3) is 2.67. The van der Waals surface area contributed by atoms with E-state index in [9.17, 15) is 4.79 Å². The smallest absolute Gasteiger partial charge is 0.263 e.